The van der Waals surface area contributed by atoms with Crippen LogP contribution in [0.25, 0.3) is 0 Å². The summed E-state index contributed by atoms with van der Waals surface area (Å²) in [5.74, 6) is -0.383. The van der Waals surface area contributed by atoms with Gasteiger partial charge >= 0.3 is 0 Å². The maximum atomic E-state index is 11.2. The normalized spacial score (nSPS) is 27.7. The summed E-state index contributed by atoms with van der Waals surface area (Å²) in [6, 6.07) is 0. The maximum absolute atomic E-state index is 11.2. The molecule has 1 amide bonds. The minimum atomic E-state index is -0.964. The van der Waals surface area contributed by atoms with E-state index in [-0.39, 0.29) is 18.3 Å². The first-order chi connectivity index (χ1) is 7.17. The van der Waals surface area contributed by atoms with Gasteiger partial charge in [-0.3, -0.25) is 4.79 Å². The molecule has 1 N–H and O–H groups in total. The molecule has 0 bridgehead atoms. The maximum Gasteiger partial charge on any atom is 0.264 e. The van der Waals surface area contributed by atoms with Crippen molar-refractivity contribution in [1.29, 1.82) is 0 Å². The van der Waals surface area contributed by atoms with Crippen molar-refractivity contribution in [2.24, 2.45) is 0 Å². The summed E-state index contributed by atoms with van der Waals surface area (Å²) >= 11 is 5.54. The average molecular weight is 238 g/mol. The quantitative estimate of drug-likeness (QED) is 0.706. The van der Waals surface area contributed by atoms with Crippen LogP contribution in [0.1, 0.15) is 13.3 Å². The van der Waals surface area contributed by atoms with Gasteiger partial charge in [-0.05, 0) is 6.42 Å². The summed E-state index contributed by atoms with van der Waals surface area (Å²) in [7, 11) is 1.37. The van der Waals surface area contributed by atoms with Gasteiger partial charge in [-0.2, -0.15) is 0 Å². The first-order valence-corrected chi connectivity index (χ1v) is 5.32. The number of methoxy groups -OCH3 is 1. The number of amides is 1. The van der Waals surface area contributed by atoms with Crippen LogP contribution < -0.4 is 5.32 Å². The predicted octanol–water partition coefficient (Wildman–Crippen LogP) is 0.465. The largest absolute Gasteiger partial charge is 0.357 e. The zero-order chi connectivity index (χ0) is 11.3. The molecule has 3 unspecified atom stereocenters. The summed E-state index contributed by atoms with van der Waals surface area (Å²) in [6.45, 7) is 2.89. The fourth-order valence-electron chi connectivity index (χ4n) is 1.20. The Balaban J connectivity index is 2.18. The molecule has 5 nitrogen and oxygen atoms in total. The van der Waals surface area contributed by atoms with Crippen LogP contribution in [0.4, 0.5) is 0 Å². The lowest BCUT2D eigenvalue weighted by atomic mass is 10.3. The second-order valence-corrected chi connectivity index (χ2v) is 3.62. The number of hydrogen-bond acceptors (Lipinski definition) is 4. The molecule has 0 saturated carbocycles. The summed E-state index contributed by atoms with van der Waals surface area (Å²) in [4.78, 5) is 11.2. The first-order valence-electron chi connectivity index (χ1n) is 4.89. The third-order valence-corrected chi connectivity index (χ3v) is 2.50. The van der Waals surface area contributed by atoms with Gasteiger partial charge in [0.1, 0.15) is 0 Å². The second-order valence-electron chi connectivity index (χ2n) is 3.23. The second kappa shape index (κ2) is 6.27. The van der Waals surface area contributed by atoms with E-state index in [2.05, 4.69) is 10.1 Å². The number of ether oxygens (including phenoxy) is 3. The van der Waals surface area contributed by atoms with Gasteiger partial charge < -0.3 is 19.5 Å². The van der Waals surface area contributed by atoms with Crippen molar-refractivity contribution in [2.75, 3.05) is 20.3 Å². The molecule has 0 spiro atoms. The molecule has 3 atom stereocenters. The van der Waals surface area contributed by atoms with Crippen molar-refractivity contribution in [3.63, 3.8) is 0 Å². The molecule has 0 radical (unpaired) electrons. The lowest BCUT2D eigenvalue weighted by molar-refractivity contribution is -0.129. The van der Waals surface area contributed by atoms with Crippen LogP contribution in [0, 0.1) is 0 Å². The Morgan fingerprint density at radius 1 is 1.73 bits per heavy atom. The van der Waals surface area contributed by atoms with E-state index in [0.717, 1.165) is 6.42 Å². The number of halogens is 1. The van der Waals surface area contributed by atoms with Crippen LogP contribution in [0.3, 0.4) is 0 Å². The third kappa shape index (κ3) is 3.95. The average Bonchev–Trinajstić information content (AvgIpc) is 2.72. The minimum absolute atomic E-state index is 0.126. The standard InChI is InChI=1S/C9H16ClNO4/c1-3-6-5-14-7(15-6)4-11-9(12)8(10)13-2/h6-8H,3-5H2,1-2H3,(H,11,12). The fourth-order valence-corrected chi connectivity index (χ4v) is 1.28. The van der Waals surface area contributed by atoms with Crippen LogP contribution >= 0.6 is 11.6 Å². The zero-order valence-corrected chi connectivity index (χ0v) is 9.62. The van der Waals surface area contributed by atoms with Crippen molar-refractivity contribution in [1.82, 2.24) is 5.32 Å². The van der Waals surface area contributed by atoms with Gasteiger partial charge in [0.15, 0.2) is 6.29 Å². The van der Waals surface area contributed by atoms with E-state index in [0.29, 0.717) is 13.2 Å². The van der Waals surface area contributed by atoms with E-state index in [9.17, 15) is 4.79 Å². The summed E-state index contributed by atoms with van der Waals surface area (Å²) in [6.07, 6.45) is 0.654. The summed E-state index contributed by atoms with van der Waals surface area (Å²) in [5, 5.41) is 2.57. The molecule has 0 aliphatic carbocycles. The Bertz CT molecular complexity index is 214. The Labute approximate surface area is 94.0 Å². The van der Waals surface area contributed by atoms with Crippen LogP contribution in [0.15, 0.2) is 0 Å². The van der Waals surface area contributed by atoms with Crippen molar-refractivity contribution in [3.05, 3.63) is 0 Å². The highest BCUT2D eigenvalue weighted by atomic mass is 35.5. The van der Waals surface area contributed by atoms with Crippen molar-refractivity contribution in [2.45, 2.75) is 31.3 Å². The van der Waals surface area contributed by atoms with Crippen molar-refractivity contribution >= 4 is 17.5 Å². The van der Waals surface area contributed by atoms with E-state index in [1.165, 1.54) is 7.11 Å². The fraction of sp³-hybridized carbons (Fsp3) is 0.889. The molecule has 0 aromatic heterocycles. The Morgan fingerprint density at radius 3 is 3.00 bits per heavy atom. The lowest BCUT2D eigenvalue weighted by Crippen LogP contribution is -2.38. The van der Waals surface area contributed by atoms with Gasteiger partial charge in [0.05, 0.1) is 19.3 Å². The zero-order valence-electron chi connectivity index (χ0n) is 8.86. The Morgan fingerprint density at radius 2 is 2.47 bits per heavy atom. The summed E-state index contributed by atoms with van der Waals surface area (Å²) in [5.41, 5.74) is -0.964. The van der Waals surface area contributed by atoms with Crippen molar-refractivity contribution in [3.8, 4) is 0 Å². The topological polar surface area (TPSA) is 56.8 Å². The molecule has 0 aromatic carbocycles. The van der Waals surface area contributed by atoms with E-state index in [1.807, 2.05) is 6.92 Å². The van der Waals surface area contributed by atoms with Crippen LogP contribution in [0.5, 0.6) is 0 Å². The van der Waals surface area contributed by atoms with E-state index >= 15 is 0 Å². The van der Waals surface area contributed by atoms with E-state index in [1.54, 1.807) is 0 Å². The highest BCUT2D eigenvalue weighted by molar-refractivity contribution is 6.29. The molecule has 6 heteroatoms. The number of hydrogen-bond donors (Lipinski definition) is 1. The number of carbonyl (C=O) groups excluding carboxylic acids is 1. The molecule has 1 heterocycles. The van der Waals surface area contributed by atoms with Gasteiger partial charge in [-0.15, -0.1) is 0 Å². The Kier molecular flexibility index (Phi) is 5.31. The molecule has 15 heavy (non-hydrogen) atoms. The number of nitrogens with one attached hydrogen (secondary N) is 1. The summed E-state index contributed by atoms with van der Waals surface area (Å²) < 4.78 is 15.4. The molecule has 1 aliphatic heterocycles. The SMILES string of the molecule is CCC1COC(CNC(=O)C(Cl)OC)O1. The molecular weight excluding hydrogens is 222 g/mol. The van der Waals surface area contributed by atoms with Crippen LogP contribution in [-0.2, 0) is 19.0 Å². The van der Waals surface area contributed by atoms with Crippen molar-refractivity contribution < 1.29 is 19.0 Å². The van der Waals surface area contributed by atoms with Gasteiger partial charge in [-0.1, -0.05) is 18.5 Å². The minimum Gasteiger partial charge on any atom is -0.357 e. The van der Waals surface area contributed by atoms with Gasteiger partial charge in [0, 0.05) is 7.11 Å². The van der Waals surface area contributed by atoms with Gasteiger partial charge in [-0.25, -0.2) is 0 Å². The smallest absolute Gasteiger partial charge is 0.264 e. The monoisotopic (exact) mass is 237 g/mol. The molecule has 0 aromatic rings. The molecular formula is C9H16ClNO4. The molecule has 1 rings (SSSR count). The van der Waals surface area contributed by atoms with Crippen LogP contribution in [-0.4, -0.2) is 44.1 Å². The molecule has 1 aliphatic rings. The molecule has 1 saturated heterocycles. The van der Waals surface area contributed by atoms with Crippen LogP contribution in [0.2, 0.25) is 0 Å². The number of alkyl halides is 1. The number of rotatable bonds is 5. The first kappa shape index (κ1) is 12.7. The van der Waals surface area contributed by atoms with Gasteiger partial charge in [0.2, 0.25) is 5.56 Å². The Hall–Kier alpha value is -0.360. The number of carbonyl (C=O) groups is 1. The highest BCUT2D eigenvalue weighted by Gasteiger charge is 2.25. The third-order valence-electron chi connectivity index (χ3n) is 2.12. The predicted molar refractivity (Wildman–Crippen MR) is 54.6 cm³/mol. The molecule has 88 valence electrons. The lowest BCUT2D eigenvalue weighted by Gasteiger charge is -2.13. The molecule has 1 fully saturated rings. The highest BCUT2D eigenvalue weighted by Crippen LogP contribution is 2.13. The van der Waals surface area contributed by atoms with E-state index < -0.39 is 5.56 Å². The van der Waals surface area contributed by atoms with E-state index in [4.69, 9.17) is 21.1 Å². The van der Waals surface area contributed by atoms with Gasteiger partial charge in [0.25, 0.3) is 5.91 Å².